The van der Waals surface area contributed by atoms with Crippen LogP contribution >= 0.6 is 0 Å². The minimum atomic E-state index is -3.58. The summed E-state index contributed by atoms with van der Waals surface area (Å²) in [7, 11) is 0. The van der Waals surface area contributed by atoms with Gasteiger partial charge < -0.3 is 10.2 Å². The fourth-order valence-corrected chi connectivity index (χ4v) is 0.699. The van der Waals surface area contributed by atoms with Crippen molar-refractivity contribution in [1.82, 2.24) is 0 Å². The van der Waals surface area contributed by atoms with E-state index in [0.29, 0.717) is 6.07 Å². The molecular formula is C11H16O2. The van der Waals surface area contributed by atoms with Crippen LogP contribution in [0.25, 0.3) is 0 Å². The summed E-state index contributed by atoms with van der Waals surface area (Å²) in [4.78, 5) is 0. The van der Waals surface area contributed by atoms with E-state index >= 15 is 0 Å². The van der Waals surface area contributed by atoms with E-state index in [1.807, 2.05) is 0 Å². The van der Waals surface area contributed by atoms with Crippen molar-refractivity contribution in [2.75, 3.05) is 0 Å². The van der Waals surface area contributed by atoms with E-state index in [1.165, 1.54) is 0 Å². The van der Waals surface area contributed by atoms with E-state index in [-0.39, 0.29) is 0 Å². The molecule has 0 saturated heterocycles. The van der Waals surface area contributed by atoms with E-state index in [2.05, 4.69) is 0 Å². The minimum absolute atomic E-state index is 0.522. The van der Waals surface area contributed by atoms with Crippen LogP contribution in [0.3, 0.4) is 0 Å². The number of hydrogen-bond acceptors (Lipinski definition) is 2. The Hall–Kier alpha value is -1.18. The van der Waals surface area contributed by atoms with Crippen molar-refractivity contribution in [2.24, 2.45) is 0 Å². The van der Waals surface area contributed by atoms with Crippen LogP contribution in [0.2, 0.25) is 0 Å². The molecule has 0 aliphatic heterocycles. The molecule has 0 amide bonds. The topological polar surface area (TPSA) is 40.5 Å². The highest BCUT2D eigenvalue weighted by atomic mass is 16.3. The smallest absolute Gasteiger partial charge is 0.119 e. The number of aromatic hydroxyl groups is 2. The van der Waals surface area contributed by atoms with Crippen LogP contribution < -0.4 is 0 Å². The first-order chi connectivity index (χ1) is 10.6. The average Bonchev–Trinajstić information content (AvgIpc) is 2.47. The number of phenolic OH excluding ortho intramolecular Hbond substituents is 2. The number of phenols is 2. The summed E-state index contributed by atoms with van der Waals surface area (Å²) >= 11 is 0. The molecule has 0 atom stereocenters. The molecule has 0 unspecified atom stereocenters. The van der Waals surface area contributed by atoms with Gasteiger partial charge in [-0.3, -0.25) is 0 Å². The standard InChI is InChI=1S/C11H16O2/c1-2-3-4-5-9-6-10(12)8-11(13)7-9/h6-8,12-13H,2-5H2,1H3/i1D,2D2,3D2,4D2,5D2,6D,8D. The lowest BCUT2D eigenvalue weighted by molar-refractivity contribution is 0.449. The normalized spacial score (nSPS) is 26.9. The Balaban J connectivity index is 3.65. The zero-order valence-electron chi connectivity index (χ0n) is 17.7. The van der Waals surface area contributed by atoms with E-state index in [1.54, 1.807) is 0 Å². The molecule has 1 aromatic rings. The summed E-state index contributed by atoms with van der Waals surface area (Å²) < 4.78 is 83.7. The Morgan fingerprint density at radius 2 is 2.23 bits per heavy atom. The van der Waals surface area contributed by atoms with Gasteiger partial charge >= 0.3 is 0 Å². The summed E-state index contributed by atoms with van der Waals surface area (Å²) in [5, 5.41) is 19.1. The van der Waals surface area contributed by atoms with Crippen LogP contribution in [0.4, 0.5) is 0 Å². The van der Waals surface area contributed by atoms with Crippen LogP contribution in [0.5, 0.6) is 11.5 Å². The van der Waals surface area contributed by atoms with Gasteiger partial charge in [-0.2, -0.15) is 0 Å². The van der Waals surface area contributed by atoms with Crippen LogP contribution in [0.1, 0.15) is 46.7 Å². The molecular weight excluding hydrogens is 164 g/mol. The van der Waals surface area contributed by atoms with Crippen molar-refractivity contribution < 1.29 is 25.3 Å². The summed E-state index contributed by atoms with van der Waals surface area (Å²) in [6.07, 6.45) is -13.5. The van der Waals surface area contributed by atoms with Gasteiger partial charge in [0.2, 0.25) is 0 Å². The summed E-state index contributed by atoms with van der Waals surface area (Å²) in [5.74, 6) is -2.06. The predicted molar refractivity (Wildman–Crippen MR) is 53.0 cm³/mol. The molecule has 0 spiro atoms. The van der Waals surface area contributed by atoms with Gasteiger partial charge in [-0.1, -0.05) is 19.6 Å². The molecule has 72 valence electrons. The molecule has 1 aromatic carbocycles. The lowest BCUT2D eigenvalue weighted by Gasteiger charge is -2.02. The molecule has 2 heteroatoms. The van der Waals surface area contributed by atoms with Crippen LogP contribution in [0, 0.1) is 0 Å². The lowest BCUT2D eigenvalue weighted by Crippen LogP contribution is -1.84. The molecule has 2 nitrogen and oxygen atoms in total. The zero-order chi connectivity index (χ0) is 19.3. The molecule has 0 saturated carbocycles. The zero-order valence-corrected chi connectivity index (χ0v) is 6.68. The third-order valence-corrected chi connectivity index (χ3v) is 1.13. The van der Waals surface area contributed by atoms with Gasteiger partial charge in [-0.15, -0.1) is 0 Å². The lowest BCUT2D eigenvalue weighted by atomic mass is 10.1. The Kier molecular flexibility index (Phi) is 0.971. The molecule has 0 aromatic heterocycles. The second-order valence-electron chi connectivity index (χ2n) is 2.09. The number of hydrogen-bond donors (Lipinski definition) is 2. The fraction of sp³-hybridized carbons (Fsp3) is 0.455. The second-order valence-corrected chi connectivity index (χ2v) is 2.09. The van der Waals surface area contributed by atoms with Crippen molar-refractivity contribution in [2.45, 2.75) is 32.4 Å². The Morgan fingerprint density at radius 1 is 1.38 bits per heavy atom. The van der Waals surface area contributed by atoms with Crippen molar-refractivity contribution in [3.05, 3.63) is 23.7 Å². The van der Waals surface area contributed by atoms with Crippen molar-refractivity contribution in [3.8, 4) is 11.5 Å². The van der Waals surface area contributed by atoms with E-state index in [9.17, 15) is 10.2 Å². The average molecular weight is 191 g/mol. The number of rotatable bonds is 4. The monoisotopic (exact) mass is 191 g/mol. The van der Waals surface area contributed by atoms with Gasteiger partial charge in [0.1, 0.15) is 11.5 Å². The van der Waals surface area contributed by atoms with Gasteiger partial charge in [0.15, 0.2) is 0 Å². The first kappa shape index (κ1) is 2.66. The highest BCUT2D eigenvalue weighted by molar-refractivity contribution is 5.36. The van der Waals surface area contributed by atoms with Gasteiger partial charge in [-0.25, -0.2) is 0 Å². The van der Waals surface area contributed by atoms with Gasteiger partial charge in [0, 0.05) is 18.4 Å². The Morgan fingerprint density at radius 3 is 3.00 bits per heavy atom. The van der Waals surface area contributed by atoms with Gasteiger partial charge in [0.25, 0.3) is 0 Å². The largest absolute Gasteiger partial charge is 0.508 e. The van der Waals surface area contributed by atoms with Crippen molar-refractivity contribution >= 4 is 0 Å². The molecule has 0 bridgehead atoms. The molecule has 0 radical (unpaired) electrons. The first-order valence-electron chi connectivity index (χ1n) is 9.09. The van der Waals surface area contributed by atoms with E-state index < -0.39 is 61.5 Å². The number of aryl methyl sites for hydroxylation is 1. The third kappa shape index (κ3) is 3.36. The maximum absolute atomic E-state index is 9.58. The van der Waals surface area contributed by atoms with Crippen LogP contribution in [0.15, 0.2) is 18.2 Å². The fourth-order valence-electron chi connectivity index (χ4n) is 0.699. The van der Waals surface area contributed by atoms with E-state index in [0.717, 1.165) is 0 Å². The summed E-state index contributed by atoms with van der Waals surface area (Å²) in [6, 6.07) is -1.37. The maximum atomic E-state index is 9.58. The van der Waals surface area contributed by atoms with Gasteiger partial charge in [-0.05, 0) is 30.4 Å². The molecule has 0 fully saturated rings. The second kappa shape index (κ2) is 4.75. The summed E-state index contributed by atoms with van der Waals surface area (Å²) in [6.45, 7) is -1.18. The Bertz CT molecular complexity index is 641. The highest BCUT2D eigenvalue weighted by Crippen LogP contribution is 2.21. The molecule has 2 N–H and O–H groups in total. The highest BCUT2D eigenvalue weighted by Gasteiger charge is 1.98. The van der Waals surface area contributed by atoms with Crippen molar-refractivity contribution in [3.63, 3.8) is 0 Å². The molecule has 13 heavy (non-hydrogen) atoms. The SMILES string of the molecule is [2H]CC([2H])([2H])C([2H])([2H])C([2H])([2H])C([2H])([2H])c1cc(O)c([2H])c(O)c1[2H]. The van der Waals surface area contributed by atoms with E-state index in [4.69, 9.17) is 15.1 Å². The van der Waals surface area contributed by atoms with Crippen LogP contribution in [-0.2, 0) is 6.37 Å². The molecule has 1 rings (SSSR count). The summed E-state index contributed by atoms with van der Waals surface area (Å²) in [5.41, 5.74) is -0.942. The molecule has 0 aliphatic rings. The quantitative estimate of drug-likeness (QED) is 0.768. The predicted octanol–water partition coefficient (Wildman–Crippen LogP) is 2.83. The molecule has 0 aliphatic carbocycles. The first-order valence-corrected chi connectivity index (χ1v) is 3.38. The maximum Gasteiger partial charge on any atom is 0.119 e. The number of benzene rings is 1. The third-order valence-electron chi connectivity index (χ3n) is 1.13. The van der Waals surface area contributed by atoms with Gasteiger partial charge in [0.05, 0.1) is 2.74 Å². The Labute approximate surface area is 94.3 Å². The molecule has 0 heterocycles. The van der Waals surface area contributed by atoms with Crippen molar-refractivity contribution in [1.29, 1.82) is 0 Å². The minimum Gasteiger partial charge on any atom is -0.508 e. The van der Waals surface area contributed by atoms with Crippen LogP contribution in [-0.4, -0.2) is 10.2 Å².